The molecule has 7 heteroatoms. The van der Waals surface area contributed by atoms with Crippen LogP contribution < -0.4 is 15.0 Å². The Hall–Kier alpha value is -3.35. The van der Waals surface area contributed by atoms with Gasteiger partial charge in [-0.1, -0.05) is 30.3 Å². The summed E-state index contributed by atoms with van der Waals surface area (Å²) in [7, 11) is 1.55. The fraction of sp³-hybridized carbons (Fsp3) is 0.286. The Kier molecular flexibility index (Phi) is 4.73. The molecular weight excluding hydrogens is 358 g/mol. The average molecular weight is 379 g/mol. The molecule has 1 aromatic heterocycles. The number of aromatic nitrogens is 2. The maximum Gasteiger partial charge on any atom is 0.275 e. The van der Waals surface area contributed by atoms with Crippen LogP contribution in [0.1, 0.15) is 17.4 Å². The molecule has 0 N–H and O–H groups in total. The molecule has 144 valence electrons. The van der Waals surface area contributed by atoms with Gasteiger partial charge >= 0.3 is 0 Å². The summed E-state index contributed by atoms with van der Waals surface area (Å²) in [6, 6.07) is 14.5. The summed E-state index contributed by atoms with van der Waals surface area (Å²) in [6.45, 7) is 3.11. The van der Waals surface area contributed by atoms with E-state index in [1.54, 1.807) is 36.2 Å². The standard InChI is InChI=1S/C21H21N3O4/c1-3-24(12-14-13-27-17-10-6-7-11-18(17)28-14)21(26)19-15-8-4-5-9-16(15)20(25)23(2)22-19/h4-11,14H,3,12-13H2,1-2H3. The number of benzene rings is 2. The van der Waals surface area contributed by atoms with Crippen LogP contribution in [0, 0.1) is 0 Å². The number of hydrogen-bond acceptors (Lipinski definition) is 5. The van der Waals surface area contributed by atoms with Crippen LogP contribution in [0.25, 0.3) is 10.8 Å². The van der Waals surface area contributed by atoms with Gasteiger partial charge in [-0.15, -0.1) is 0 Å². The van der Waals surface area contributed by atoms with Crippen molar-refractivity contribution in [1.82, 2.24) is 14.7 Å². The molecule has 1 aliphatic rings. The number of fused-ring (bicyclic) bond motifs is 2. The maximum absolute atomic E-state index is 13.2. The third kappa shape index (κ3) is 3.19. The van der Waals surface area contributed by atoms with Crippen molar-refractivity contribution in [1.29, 1.82) is 0 Å². The number of para-hydroxylation sites is 2. The molecule has 2 aromatic carbocycles. The lowest BCUT2D eigenvalue weighted by Gasteiger charge is -2.30. The van der Waals surface area contributed by atoms with Crippen molar-refractivity contribution in [2.75, 3.05) is 19.7 Å². The number of hydrogen-bond donors (Lipinski definition) is 0. The van der Waals surface area contributed by atoms with Crippen molar-refractivity contribution in [2.45, 2.75) is 13.0 Å². The largest absolute Gasteiger partial charge is 0.486 e. The van der Waals surface area contributed by atoms with Gasteiger partial charge in [0.25, 0.3) is 11.5 Å². The van der Waals surface area contributed by atoms with Gasteiger partial charge in [0, 0.05) is 19.0 Å². The molecule has 1 amide bonds. The van der Waals surface area contributed by atoms with E-state index in [0.717, 1.165) is 0 Å². The first kappa shape index (κ1) is 18.0. The molecule has 1 atom stereocenters. The van der Waals surface area contributed by atoms with E-state index in [0.29, 0.717) is 42.0 Å². The topological polar surface area (TPSA) is 73.7 Å². The summed E-state index contributed by atoms with van der Waals surface area (Å²) in [6.07, 6.45) is -0.280. The predicted molar refractivity (Wildman–Crippen MR) is 105 cm³/mol. The van der Waals surface area contributed by atoms with Crippen molar-refractivity contribution >= 4 is 16.7 Å². The second-order valence-corrected chi connectivity index (χ2v) is 6.66. The molecular formula is C21H21N3O4. The van der Waals surface area contributed by atoms with Crippen LogP contribution in [0.4, 0.5) is 0 Å². The van der Waals surface area contributed by atoms with Crippen LogP contribution in [0.5, 0.6) is 11.5 Å². The van der Waals surface area contributed by atoms with Crippen molar-refractivity contribution in [2.24, 2.45) is 7.05 Å². The molecule has 0 saturated carbocycles. The van der Waals surface area contributed by atoms with Gasteiger partial charge < -0.3 is 14.4 Å². The number of amides is 1. The number of rotatable bonds is 4. The Morgan fingerprint density at radius 1 is 1.14 bits per heavy atom. The molecule has 3 aromatic rings. The van der Waals surface area contributed by atoms with Gasteiger partial charge in [0.05, 0.1) is 11.9 Å². The second-order valence-electron chi connectivity index (χ2n) is 6.66. The highest BCUT2D eigenvalue weighted by molar-refractivity contribution is 6.04. The average Bonchev–Trinajstić information content (AvgIpc) is 2.74. The minimum absolute atomic E-state index is 0.226. The maximum atomic E-state index is 13.2. The van der Waals surface area contributed by atoms with E-state index in [1.807, 2.05) is 31.2 Å². The lowest BCUT2D eigenvalue weighted by atomic mass is 10.1. The predicted octanol–water partition coefficient (Wildman–Crippen LogP) is 2.24. The van der Waals surface area contributed by atoms with Crippen LogP contribution in [-0.2, 0) is 7.05 Å². The molecule has 0 saturated heterocycles. The van der Waals surface area contributed by atoms with Crippen molar-refractivity contribution in [3.63, 3.8) is 0 Å². The minimum atomic E-state index is -0.280. The van der Waals surface area contributed by atoms with Crippen molar-refractivity contribution < 1.29 is 14.3 Å². The van der Waals surface area contributed by atoms with E-state index in [2.05, 4.69) is 5.10 Å². The van der Waals surface area contributed by atoms with Gasteiger partial charge in [-0.3, -0.25) is 9.59 Å². The normalized spacial score (nSPS) is 15.4. The Morgan fingerprint density at radius 3 is 2.57 bits per heavy atom. The highest BCUT2D eigenvalue weighted by atomic mass is 16.6. The monoisotopic (exact) mass is 379 g/mol. The fourth-order valence-electron chi connectivity index (χ4n) is 3.36. The van der Waals surface area contributed by atoms with E-state index < -0.39 is 0 Å². The number of likely N-dealkylation sites (N-methyl/N-ethyl adjacent to an activating group) is 1. The summed E-state index contributed by atoms with van der Waals surface area (Å²) in [5, 5.41) is 5.27. The molecule has 4 rings (SSSR count). The molecule has 0 spiro atoms. The molecule has 2 heterocycles. The molecule has 1 unspecified atom stereocenters. The van der Waals surface area contributed by atoms with E-state index in [-0.39, 0.29) is 23.3 Å². The van der Waals surface area contributed by atoms with E-state index >= 15 is 0 Å². The van der Waals surface area contributed by atoms with Gasteiger partial charge in [0.15, 0.2) is 23.3 Å². The Labute approximate surface area is 162 Å². The minimum Gasteiger partial charge on any atom is -0.486 e. The third-order valence-electron chi connectivity index (χ3n) is 4.82. The Bertz CT molecular complexity index is 1090. The molecule has 0 bridgehead atoms. The van der Waals surface area contributed by atoms with Crippen LogP contribution in [0.3, 0.4) is 0 Å². The lowest BCUT2D eigenvalue weighted by molar-refractivity contribution is 0.0471. The summed E-state index contributed by atoms with van der Waals surface area (Å²) in [5.74, 6) is 1.14. The van der Waals surface area contributed by atoms with Gasteiger partial charge in [0.1, 0.15) is 6.61 Å². The molecule has 1 aliphatic heterocycles. The third-order valence-corrected chi connectivity index (χ3v) is 4.82. The summed E-state index contributed by atoms with van der Waals surface area (Å²) >= 11 is 0. The zero-order chi connectivity index (χ0) is 19.7. The molecule has 0 aliphatic carbocycles. The zero-order valence-electron chi connectivity index (χ0n) is 15.8. The summed E-state index contributed by atoms with van der Waals surface area (Å²) in [5.41, 5.74) is 0.0347. The molecule has 7 nitrogen and oxygen atoms in total. The van der Waals surface area contributed by atoms with E-state index in [1.165, 1.54) is 4.68 Å². The zero-order valence-corrected chi connectivity index (χ0v) is 15.8. The van der Waals surface area contributed by atoms with Gasteiger partial charge in [-0.25, -0.2) is 4.68 Å². The van der Waals surface area contributed by atoms with Crippen LogP contribution in [0.15, 0.2) is 53.3 Å². The van der Waals surface area contributed by atoms with Gasteiger partial charge in [-0.2, -0.15) is 5.10 Å². The van der Waals surface area contributed by atoms with Crippen LogP contribution in [0.2, 0.25) is 0 Å². The number of carbonyl (C=O) groups is 1. The van der Waals surface area contributed by atoms with Gasteiger partial charge in [0.2, 0.25) is 0 Å². The SMILES string of the molecule is CCN(CC1COc2ccccc2O1)C(=O)c1nn(C)c(=O)c2ccccc12. The smallest absolute Gasteiger partial charge is 0.275 e. The number of carbonyl (C=O) groups excluding carboxylic acids is 1. The number of aryl methyl sites for hydroxylation is 1. The summed E-state index contributed by atoms with van der Waals surface area (Å²) in [4.78, 5) is 27.2. The molecule has 28 heavy (non-hydrogen) atoms. The van der Waals surface area contributed by atoms with E-state index in [9.17, 15) is 9.59 Å². The van der Waals surface area contributed by atoms with Crippen molar-refractivity contribution in [3.05, 3.63) is 64.6 Å². The first-order chi connectivity index (χ1) is 13.6. The van der Waals surface area contributed by atoms with Crippen LogP contribution >= 0.6 is 0 Å². The summed E-state index contributed by atoms with van der Waals surface area (Å²) < 4.78 is 12.9. The van der Waals surface area contributed by atoms with E-state index in [4.69, 9.17) is 9.47 Å². The second kappa shape index (κ2) is 7.34. The van der Waals surface area contributed by atoms with Crippen LogP contribution in [-0.4, -0.2) is 46.4 Å². The number of nitrogens with zero attached hydrogens (tertiary/aromatic N) is 3. The number of ether oxygens (including phenoxy) is 2. The molecule has 0 radical (unpaired) electrons. The first-order valence-electron chi connectivity index (χ1n) is 9.22. The quantitative estimate of drug-likeness (QED) is 0.695. The van der Waals surface area contributed by atoms with Crippen molar-refractivity contribution in [3.8, 4) is 11.5 Å². The Balaban J connectivity index is 1.61. The lowest BCUT2D eigenvalue weighted by Crippen LogP contribution is -2.44. The first-order valence-corrected chi connectivity index (χ1v) is 9.22. The van der Waals surface area contributed by atoms with Gasteiger partial charge in [-0.05, 0) is 25.1 Å². The Morgan fingerprint density at radius 2 is 1.82 bits per heavy atom. The molecule has 0 fully saturated rings. The highest BCUT2D eigenvalue weighted by Crippen LogP contribution is 2.31. The highest BCUT2D eigenvalue weighted by Gasteiger charge is 2.27. The fourth-order valence-corrected chi connectivity index (χ4v) is 3.36.